The minimum absolute atomic E-state index is 0.329. The van der Waals surface area contributed by atoms with Crippen LogP contribution in [0.15, 0.2) is 53.6 Å². The molecule has 0 saturated carbocycles. The Morgan fingerprint density at radius 3 is 2.43 bits per heavy atom. The van der Waals surface area contributed by atoms with Crippen LogP contribution in [0.3, 0.4) is 0 Å². The number of ether oxygens (including phenoxy) is 1. The number of hydrogen-bond acceptors (Lipinski definition) is 6. The second-order valence-corrected chi connectivity index (χ2v) is 10.1. The summed E-state index contributed by atoms with van der Waals surface area (Å²) in [5, 5.41) is 4.33. The van der Waals surface area contributed by atoms with Crippen LogP contribution in [0.4, 0.5) is 5.69 Å². The van der Waals surface area contributed by atoms with Crippen LogP contribution in [-0.4, -0.2) is 46.6 Å². The third-order valence-electron chi connectivity index (χ3n) is 4.21. The molecule has 1 heterocycles. The van der Waals surface area contributed by atoms with Gasteiger partial charge in [-0.15, -0.1) is 0 Å². The molecule has 0 saturated heterocycles. The number of sulfonamides is 2. The number of anilines is 1. The molecule has 2 aromatic rings. The first-order chi connectivity index (χ1) is 13.1. The summed E-state index contributed by atoms with van der Waals surface area (Å²) in [6.45, 7) is 0. The van der Waals surface area contributed by atoms with Gasteiger partial charge in [0.1, 0.15) is 5.75 Å². The Morgan fingerprint density at radius 1 is 1.07 bits per heavy atom. The van der Waals surface area contributed by atoms with Crippen molar-refractivity contribution in [1.82, 2.24) is 4.41 Å². The van der Waals surface area contributed by atoms with Crippen LogP contribution in [0.1, 0.15) is 23.6 Å². The predicted octanol–water partition coefficient (Wildman–Crippen LogP) is 2.18. The lowest BCUT2D eigenvalue weighted by Crippen LogP contribution is -2.26. The van der Waals surface area contributed by atoms with Gasteiger partial charge >= 0.3 is 0 Å². The maximum atomic E-state index is 12.3. The standard InChI is InChI=1S/C18H21N3O5S2/c1-26-18-10-5-4-9-15(18)17-12-16(19-21(17)28(3,24)25)13-7-6-8-14(11-13)20-27(2,22)23/h4-11,17,20H,12H2,1-3H3/t17-/m0/s1. The molecule has 1 aliphatic heterocycles. The van der Waals surface area contributed by atoms with E-state index in [1.807, 2.05) is 18.2 Å². The number of nitrogens with one attached hydrogen (secondary N) is 1. The van der Waals surface area contributed by atoms with E-state index in [9.17, 15) is 16.8 Å². The lowest BCUT2D eigenvalue weighted by atomic mass is 9.98. The summed E-state index contributed by atoms with van der Waals surface area (Å²) in [5.41, 5.74) is 2.27. The van der Waals surface area contributed by atoms with Crippen LogP contribution in [0.25, 0.3) is 0 Å². The van der Waals surface area contributed by atoms with Crippen LogP contribution in [0.5, 0.6) is 5.75 Å². The summed E-state index contributed by atoms with van der Waals surface area (Å²) in [5.74, 6) is 0.574. The molecule has 150 valence electrons. The highest BCUT2D eigenvalue weighted by Gasteiger charge is 2.36. The molecular weight excluding hydrogens is 402 g/mol. The van der Waals surface area contributed by atoms with E-state index < -0.39 is 26.1 Å². The Morgan fingerprint density at radius 2 is 1.79 bits per heavy atom. The molecule has 10 heteroatoms. The highest BCUT2D eigenvalue weighted by molar-refractivity contribution is 7.92. The lowest BCUT2D eigenvalue weighted by molar-refractivity contribution is 0.352. The van der Waals surface area contributed by atoms with Crippen molar-refractivity contribution in [1.29, 1.82) is 0 Å². The van der Waals surface area contributed by atoms with E-state index in [0.29, 0.717) is 34.7 Å². The quantitative estimate of drug-likeness (QED) is 0.767. The maximum absolute atomic E-state index is 12.3. The van der Waals surface area contributed by atoms with Gasteiger partial charge in [-0.25, -0.2) is 16.8 Å². The van der Waals surface area contributed by atoms with Gasteiger partial charge in [0.25, 0.3) is 0 Å². The third-order valence-corrected chi connectivity index (χ3v) is 5.83. The van der Waals surface area contributed by atoms with Gasteiger partial charge in [0.05, 0.1) is 31.4 Å². The maximum Gasteiger partial charge on any atom is 0.247 e. The van der Waals surface area contributed by atoms with E-state index in [2.05, 4.69) is 9.82 Å². The molecule has 1 N–H and O–H groups in total. The number of para-hydroxylation sites is 1. The molecule has 2 aromatic carbocycles. The van der Waals surface area contributed by atoms with Gasteiger partial charge in [-0.3, -0.25) is 4.72 Å². The number of benzene rings is 2. The molecule has 0 aromatic heterocycles. The first kappa shape index (κ1) is 20.2. The topological polar surface area (TPSA) is 105 Å². The predicted molar refractivity (Wildman–Crippen MR) is 108 cm³/mol. The number of methoxy groups -OCH3 is 1. The Labute approximate surface area is 164 Å². The highest BCUT2D eigenvalue weighted by atomic mass is 32.2. The zero-order chi connectivity index (χ0) is 20.5. The number of rotatable bonds is 6. The molecule has 1 atom stereocenters. The highest BCUT2D eigenvalue weighted by Crippen LogP contribution is 2.38. The Bertz CT molecular complexity index is 1130. The Kier molecular flexibility index (Phi) is 5.35. The zero-order valence-corrected chi connectivity index (χ0v) is 17.3. The monoisotopic (exact) mass is 423 g/mol. The molecule has 0 fully saturated rings. The van der Waals surface area contributed by atoms with Gasteiger partial charge in [-0.1, -0.05) is 30.3 Å². The summed E-state index contributed by atoms with van der Waals surface area (Å²) in [7, 11) is -5.52. The van der Waals surface area contributed by atoms with E-state index in [-0.39, 0.29) is 0 Å². The summed E-state index contributed by atoms with van der Waals surface area (Å²) in [6, 6.07) is 13.3. The van der Waals surface area contributed by atoms with Crippen molar-refractivity contribution in [3.8, 4) is 5.75 Å². The van der Waals surface area contributed by atoms with Crippen molar-refractivity contribution in [2.24, 2.45) is 5.10 Å². The summed E-state index contributed by atoms with van der Waals surface area (Å²) in [4.78, 5) is 0. The van der Waals surface area contributed by atoms with Crippen molar-refractivity contribution in [3.63, 3.8) is 0 Å². The average molecular weight is 424 g/mol. The minimum Gasteiger partial charge on any atom is -0.496 e. The van der Waals surface area contributed by atoms with Crippen LogP contribution in [0.2, 0.25) is 0 Å². The van der Waals surface area contributed by atoms with Crippen LogP contribution in [-0.2, 0) is 20.0 Å². The van der Waals surface area contributed by atoms with Gasteiger partial charge in [-0.2, -0.15) is 9.52 Å². The molecule has 0 unspecified atom stereocenters. The molecule has 8 nitrogen and oxygen atoms in total. The van der Waals surface area contributed by atoms with Gasteiger partial charge in [0.15, 0.2) is 0 Å². The first-order valence-corrected chi connectivity index (χ1v) is 12.1. The molecule has 28 heavy (non-hydrogen) atoms. The van der Waals surface area contributed by atoms with E-state index in [4.69, 9.17) is 4.74 Å². The molecule has 1 aliphatic rings. The summed E-state index contributed by atoms with van der Waals surface area (Å²) >= 11 is 0. The van der Waals surface area contributed by atoms with E-state index >= 15 is 0 Å². The fraction of sp³-hybridized carbons (Fsp3) is 0.278. The minimum atomic E-state index is -3.63. The molecule has 3 rings (SSSR count). The van der Waals surface area contributed by atoms with E-state index in [1.54, 1.807) is 30.3 Å². The number of nitrogens with zero attached hydrogens (tertiary/aromatic N) is 2. The normalized spacial score (nSPS) is 17.3. The first-order valence-electron chi connectivity index (χ1n) is 8.36. The van der Waals surface area contributed by atoms with E-state index in [0.717, 1.165) is 16.9 Å². The molecule has 0 aliphatic carbocycles. The zero-order valence-electron chi connectivity index (χ0n) is 15.7. The molecule has 0 bridgehead atoms. The number of hydrogen-bond donors (Lipinski definition) is 1. The van der Waals surface area contributed by atoms with Crippen LogP contribution >= 0.6 is 0 Å². The van der Waals surface area contributed by atoms with Crippen LogP contribution in [0, 0.1) is 0 Å². The van der Waals surface area contributed by atoms with Crippen molar-refractivity contribution in [3.05, 3.63) is 59.7 Å². The Hall–Kier alpha value is -2.59. The third kappa shape index (κ3) is 4.45. The van der Waals surface area contributed by atoms with Gasteiger partial charge in [-0.05, 0) is 23.8 Å². The Balaban J connectivity index is 2.01. The van der Waals surface area contributed by atoms with Gasteiger partial charge < -0.3 is 4.74 Å². The molecule has 0 spiro atoms. The fourth-order valence-corrected chi connectivity index (χ4v) is 4.57. The summed E-state index contributed by atoms with van der Waals surface area (Å²) in [6.07, 6.45) is 2.50. The lowest BCUT2D eigenvalue weighted by Gasteiger charge is -2.23. The molecular formula is C18H21N3O5S2. The van der Waals surface area contributed by atoms with Crippen molar-refractivity contribution >= 4 is 31.4 Å². The largest absolute Gasteiger partial charge is 0.496 e. The van der Waals surface area contributed by atoms with Crippen molar-refractivity contribution in [2.45, 2.75) is 12.5 Å². The second-order valence-electron chi connectivity index (χ2n) is 6.50. The smallest absolute Gasteiger partial charge is 0.247 e. The van der Waals surface area contributed by atoms with Gasteiger partial charge in [0.2, 0.25) is 20.0 Å². The summed E-state index contributed by atoms with van der Waals surface area (Å²) < 4.78 is 56.5. The SMILES string of the molecule is COc1ccccc1[C@@H]1CC(c2cccc(NS(C)(=O)=O)c2)=NN1S(C)(=O)=O. The fourth-order valence-electron chi connectivity index (χ4n) is 3.12. The van der Waals surface area contributed by atoms with Crippen molar-refractivity contribution in [2.75, 3.05) is 24.3 Å². The second kappa shape index (κ2) is 7.44. The van der Waals surface area contributed by atoms with Gasteiger partial charge in [0, 0.05) is 17.7 Å². The molecule has 0 radical (unpaired) electrons. The van der Waals surface area contributed by atoms with Crippen molar-refractivity contribution < 1.29 is 21.6 Å². The van der Waals surface area contributed by atoms with Crippen LogP contribution < -0.4 is 9.46 Å². The molecule has 0 amide bonds. The van der Waals surface area contributed by atoms with E-state index in [1.165, 1.54) is 7.11 Å². The average Bonchev–Trinajstić information content (AvgIpc) is 3.06. The number of hydrazone groups is 1.